The highest BCUT2D eigenvalue weighted by molar-refractivity contribution is 5.91. The van der Waals surface area contributed by atoms with Gasteiger partial charge >= 0.3 is 0 Å². The number of nitrogens with zero attached hydrogens (tertiary/aromatic N) is 2. The van der Waals surface area contributed by atoms with E-state index in [1.165, 1.54) is 42.3 Å². The Morgan fingerprint density at radius 2 is 1.86 bits per heavy atom. The van der Waals surface area contributed by atoms with E-state index in [4.69, 9.17) is 0 Å². The molecule has 112 valence electrons. The van der Waals surface area contributed by atoms with E-state index < -0.39 is 0 Å². The summed E-state index contributed by atoms with van der Waals surface area (Å²) in [6.07, 6.45) is 6.97. The number of pyridine rings is 1. The Morgan fingerprint density at radius 3 is 2.57 bits per heavy atom. The highest BCUT2D eigenvalue weighted by Gasteiger charge is 2.22. The molecular weight excluding hydrogens is 258 g/mol. The summed E-state index contributed by atoms with van der Waals surface area (Å²) < 4.78 is 0. The average Bonchev–Trinajstić information content (AvgIpc) is 2.48. The van der Waals surface area contributed by atoms with Gasteiger partial charge in [-0.05, 0) is 64.9 Å². The van der Waals surface area contributed by atoms with E-state index in [0.717, 1.165) is 11.6 Å². The molecule has 0 amide bonds. The van der Waals surface area contributed by atoms with Crippen molar-refractivity contribution in [1.29, 1.82) is 0 Å². The van der Waals surface area contributed by atoms with Crippen LogP contribution >= 0.6 is 0 Å². The predicted molar refractivity (Wildman–Crippen MR) is 89.8 cm³/mol. The van der Waals surface area contributed by atoms with E-state index >= 15 is 0 Å². The summed E-state index contributed by atoms with van der Waals surface area (Å²) in [5.74, 6) is 0. The number of hydrogen-bond donors (Lipinski definition) is 1. The monoisotopic (exact) mass is 283 g/mol. The van der Waals surface area contributed by atoms with Gasteiger partial charge < -0.3 is 10.2 Å². The molecule has 2 aromatic rings. The molecule has 1 aliphatic rings. The minimum Gasteiger partial charge on any atom is -0.382 e. The topological polar surface area (TPSA) is 28.2 Å². The molecule has 3 heteroatoms. The van der Waals surface area contributed by atoms with Crippen LogP contribution in [0.4, 0.5) is 5.69 Å². The Morgan fingerprint density at radius 1 is 1.10 bits per heavy atom. The Labute approximate surface area is 127 Å². The van der Waals surface area contributed by atoms with Crippen molar-refractivity contribution in [3.8, 4) is 0 Å². The smallest absolute Gasteiger partial charge is 0.0722 e. The fourth-order valence-electron chi connectivity index (χ4n) is 3.34. The van der Waals surface area contributed by atoms with E-state index in [0.29, 0.717) is 6.04 Å². The number of fused-ring (bicyclic) bond motifs is 1. The first-order valence-electron chi connectivity index (χ1n) is 7.92. The molecule has 1 aliphatic carbocycles. The van der Waals surface area contributed by atoms with Crippen molar-refractivity contribution in [2.24, 2.45) is 0 Å². The standard InChI is InChI=1S/C18H25N3/c1-13-4-9-17-16(12-13)18(10-11-19-17)20-14-5-7-15(8-6-14)21(2)3/h4,9-12,14-15H,5-8H2,1-3H3,(H,19,20). The highest BCUT2D eigenvalue weighted by Crippen LogP contribution is 2.28. The minimum absolute atomic E-state index is 0.590. The third-order valence-corrected chi connectivity index (χ3v) is 4.68. The van der Waals surface area contributed by atoms with Gasteiger partial charge in [-0.3, -0.25) is 4.98 Å². The molecule has 1 N–H and O–H groups in total. The summed E-state index contributed by atoms with van der Waals surface area (Å²) in [4.78, 5) is 6.83. The van der Waals surface area contributed by atoms with Crippen LogP contribution in [-0.4, -0.2) is 36.1 Å². The lowest BCUT2D eigenvalue weighted by Gasteiger charge is -2.33. The van der Waals surface area contributed by atoms with E-state index in [9.17, 15) is 0 Å². The Kier molecular flexibility index (Phi) is 4.11. The zero-order chi connectivity index (χ0) is 14.8. The summed E-state index contributed by atoms with van der Waals surface area (Å²) >= 11 is 0. The lowest BCUT2D eigenvalue weighted by molar-refractivity contribution is 0.221. The molecule has 0 atom stereocenters. The van der Waals surface area contributed by atoms with Crippen LogP contribution in [0.2, 0.25) is 0 Å². The molecule has 3 rings (SSSR count). The molecule has 0 saturated heterocycles. The third-order valence-electron chi connectivity index (χ3n) is 4.68. The Balaban J connectivity index is 1.75. The fraction of sp³-hybridized carbons (Fsp3) is 0.500. The van der Waals surface area contributed by atoms with Gasteiger partial charge in [0.25, 0.3) is 0 Å². The molecule has 1 fully saturated rings. The number of anilines is 1. The van der Waals surface area contributed by atoms with Gasteiger partial charge in [0.15, 0.2) is 0 Å². The molecule has 0 spiro atoms. The van der Waals surface area contributed by atoms with Crippen molar-refractivity contribution in [1.82, 2.24) is 9.88 Å². The van der Waals surface area contributed by atoms with E-state index in [2.05, 4.69) is 60.5 Å². The van der Waals surface area contributed by atoms with Crippen LogP contribution in [0.25, 0.3) is 10.9 Å². The maximum Gasteiger partial charge on any atom is 0.0722 e. The molecule has 3 nitrogen and oxygen atoms in total. The zero-order valence-corrected chi connectivity index (χ0v) is 13.3. The number of benzene rings is 1. The van der Waals surface area contributed by atoms with Crippen LogP contribution in [0.15, 0.2) is 30.5 Å². The Hall–Kier alpha value is -1.61. The maximum absolute atomic E-state index is 4.46. The van der Waals surface area contributed by atoms with Crippen molar-refractivity contribution in [2.45, 2.75) is 44.7 Å². The number of aryl methyl sites for hydroxylation is 1. The second-order valence-electron chi connectivity index (χ2n) is 6.49. The first-order chi connectivity index (χ1) is 10.1. The van der Waals surface area contributed by atoms with Crippen LogP contribution in [0, 0.1) is 6.92 Å². The van der Waals surface area contributed by atoms with Crippen molar-refractivity contribution in [3.63, 3.8) is 0 Å². The molecule has 0 bridgehead atoms. The van der Waals surface area contributed by atoms with Crippen LogP contribution in [0.5, 0.6) is 0 Å². The van der Waals surface area contributed by atoms with Crippen molar-refractivity contribution in [3.05, 3.63) is 36.0 Å². The van der Waals surface area contributed by atoms with Crippen LogP contribution in [0.3, 0.4) is 0 Å². The quantitative estimate of drug-likeness (QED) is 0.928. The summed E-state index contributed by atoms with van der Waals surface area (Å²) in [6, 6.07) is 9.92. The zero-order valence-electron chi connectivity index (χ0n) is 13.3. The highest BCUT2D eigenvalue weighted by atomic mass is 15.1. The third kappa shape index (κ3) is 3.18. The van der Waals surface area contributed by atoms with Crippen LogP contribution in [-0.2, 0) is 0 Å². The first kappa shape index (κ1) is 14.3. The molecule has 1 aromatic heterocycles. The fourth-order valence-corrected chi connectivity index (χ4v) is 3.34. The van der Waals surface area contributed by atoms with Gasteiger partial charge in [0, 0.05) is 29.4 Å². The number of hydrogen-bond acceptors (Lipinski definition) is 3. The second-order valence-corrected chi connectivity index (χ2v) is 6.49. The molecule has 1 saturated carbocycles. The van der Waals surface area contributed by atoms with Gasteiger partial charge in [-0.15, -0.1) is 0 Å². The molecule has 0 radical (unpaired) electrons. The maximum atomic E-state index is 4.46. The molecule has 1 heterocycles. The summed E-state index contributed by atoms with van der Waals surface area (Å²) in [5.41, 5.74) is 3.60. The van der Waals surface area contributed by atoms with E-state index in [-0.39, 0.29) is 0 Å². The summed E-state index contributed by atoms with van der Waals surface area (Å²) in [7, 11) is 4.38. The van der Waals surface area contributed by atoms with Gasteiger partial charge in [0.1, 0.15) is 0 Å². The van der Waals surface area contributed by atoms with Crippen LogP contribution in [0.1, 0.15) is 31.2 Å². The minimum atomic E-state index is 0.590. The number of rotatable bonds is 3. The molecule has 1 aromatic carbocycles. The van der Waals surface area contributed by atoms with Crippen molar-refractivity contribution in [2.75, 3.05) is 19.4 Å². The largest absolute Gasteiger partial charge is 0.382 e. The van der Waals surface area contributed by atoms with Gasteiger partial charge in [-0.1, -0.05) is 11.6 Å². The molecule has 0 aliphatic heterocycles. The molecule has 21 heavy (non-hydrogen) atoms. The number of aromatic nitrogens is 1. The first-order valence-corrected chi connectivity index (χ1v) is 7.92. The van der Waals surface area contributed by atoms with Crippen LogP contribution < -0.4 is 5.32 Å². The van der Waals surface area contributed by atoms with E-state index in [1.807, 2.05) is 6.20 Å². The lowest BCUT2D eigenvalue weighted by atomic mass is 9.90. The summed E-state index contributed by atoms with van der Waals surface area (Å²) in [5, 5.41) is 4.99. The SMILES string of the molecule is Cc1ccc2nccc(NC3CCC(N(C)C)CC3)c2c1. The van der Waals surface area contributed by atoms with Gasteiger partial charge in [0.05, 0.1) is 5.52 Å². The van der Waals surface area contributed by atoms with Crippen molar-refractivity contribution < 1.29 is 0 Å². The molecule has 0 unspecified atom stereocenters. The normalized spacial score (nSPS) is 22.7. The summed E-state index contributed by atoms with van der Waals surface area (Å²) in [6.45, 7) is 2.14. The van der Waals surface area contributed by atoms with E-state index in [1.54, 1.807) is 0 Å². The average molecular weight is 283 g/mol. The Bertz CT molecular complexity index is 613. The van der Waals surface area contributed by atoms with Gasteiger partial charge in [0.2, 0.25) is 0 Å². The number of nitrogens with one attached hydrogen (secondary N) is 1. The lowest BCUT2D eigenvalue weighted by Crippen LogP contribution is -2.36. The van der Waals surface area contributed by atoms with Gasteiger partial charge in [-0.2, -0.15) is 0 Å². The second kappa shape index (κ2) is 6.02. The molecular formula is C18H25N3. The van der Waals surface area contributed by atoms with Crippen molar-refractivity contribution >= 4 is 16.6 Å². The predicted octanol–water partition coefficient (Wildman–Crippen LogP) is 3.83. The van der Waals surface area contributed by atoms with Gasteiger partial charge in [-0.25, -0.2) is 0 Å².